The van der Waals surface area contributed by atoms with Gasteiger partial charge in [-0.2, -0.15) is 0 Å². The fourth-order valence-corrected chi connectivity index (χ4v) is 8.82. The predicted octanol–water partition coefficient (Wildman–Crippen LogP) is 12.2. The van der Waals surface area contributed by atoms with Gasteiger partial charge in [0, 0.05) is 137 Å². The number of rotatable bonds is 24. The molecule has 3 radical (unpaired) electrons. The van der Waals surface area contributed by atoms with Crippen molar-refractivity contribution in [3.05, 3.63) is 223 Å². The van der Waals surface area contributed by atoms with E-state index in [1.165, 1.54) is 0 Å². The van der Waals surface area contributed by atoms with Crippen molar-refractivity contribution >= 4 is 49.9 Å². The number of benzene rings is 7. The van der Waals surface area contributed by atoms with Crippen molar-refractivity contribution in [2.75, 3.05) is 156 Å². The molecule has 100 heavy (non-hydrogen) atoms. The first-order valence-electron chi connectivity index (χ1n) is 29.8. The minimum atomic E-state index is -3.39. The van der Waals surface area contributed by atoms with Gasteiger partial charge in [0.15, 0.2) is 0 Å². The number of carboxylic acid groups (broad SMARTS) is 2. The molecule has 25 nitrogen and oxygen atoms in total. The van der Waals surface area contributed by atoms with Gasteiger partial charge in [0.25, 0.3) is 0 Å². The SMILES string of the molecule is CN(C)CCN(C)CCN(C)C.CN(C)CCN(C)CCN(C)C.CP(=O)(O)Oc1ccccc1.CP(=O)(O)Oc1ccccc1.CP(=O)(O)Oc1ccccc1.CP(=O)(O)Oc1ccccc1.CP(=O)(O)Oc1ccccc1.O=C(O)c1ccccc1.O=C(O)c1ccccc1.[Cu].[Cu].[Cu]. The molecule has 0 spiro atoms. The molecule has 573 valence electrons. The number of carbonyl (C=O) groups is 2. The normalized spacial score (nSPS) is 13.0. The number of aromatic carboxylic acids is 2. The van der Waals surface area contributed by atoms with Crippen LogP contribution in [0, 0.1) is 0 Å². The van der Waals surface area contributed by atoms with Gasteiger partial charge in [-0.25, -0.2) is 32.4 Å². The first-order valence-corrected chi connectivity index (χ1v) is 39.9. The Balaban J connectivity index is -0.000000337. The number of likely N-dealkylation sites (N-methyl/N-ethyl adjacent to an activating group) is 6. The van der Waals surface area contributed by atoms with Gasteiger partial charge in [0.05, 0.1) is 11.1 Å². The van der Waals surface area contributed by atoms with E-state index >= 15 is 0 Å². The molecule has 0 saturated heterocycles. The van der Waals surface area contributed by atoms with Crippen LogP contribution in [0.3, 0.4) is 0 Å². The van der Waals surface area contributed by atoms with Crippen LogP contribution in [0.4, 0.5) is 0 Å². The molecule has 5 unspecified atom stereocenters. The molecule has 7 N–H and O–H groups in total. The van der Waals surface area contributed by atoms with Gasteiger partial charge < -0.3 is 86.7 Å². The Bertz CT molecular complexity index is 2930. The van der Waals surface area contributed by atoms with E-state index in [0.717, 1.165) is 85.7 Å². The molecular formula is C67H103Cu3N6O19P5. The van der Waals surface area contributed by atoms with Gasteiger partial charge in [-0.1, -0.05) is 127 Å². The Morgan fingerprint density at radius 2 is 0.400 bits per heavy atom. The average Bonchev–Trinajstić information content (AvgIpc) is 1.03. The van der Waals surface area contributed by atoms with Crippen LogP contribution in [0.2, 0.25) is 0 Å². The summed E-state index contributed by atoms with van der Waals surface area (Å²) in [7, 11) is 4.30. The minimum absolute atomic E-state index is 0. The molecule has 0 amide bonds. The zero-order chi connectivity index (χ0) is 74.1. The van der Waals surface area contributed by atoms with E-state index in [1.807, 2.05) is 30.3 Å². The van der Waals surface area contributed by atoms with Crippen LogP contribution >= 0.6 is 38.0 Å². The van der Waals surface area contributed by atoms with E-state index in [4.69, 9.17) is 57.3 Å². The second-order valence-electron chi connectivity index (χ2n) is 22.2. The molecule has 5 atom stereocenters. The van der Waals surface area contributed by atoms with Gasteiger partial charge in [-0.3, -0.25) is 0 Å². The van der Waals surface area contributed by atoms with Crippen LogP contribution in [0.15, 0.2) is 212 Å². The Morgan fingerprint density at radius 3 is 0.500 bits per heavy atom. The summed E-state index contributed by atoms with van der Waals surface area (Å²) in [6, 6.07) is 59.4. The van der Waals surface area contributed by atoms with E-state index in [9.17, 15) is 32.4 Å². The van der Waals surface area contributed by atoms with E-state index in [1.54, 1.807) is 182 Å². The Kier molecular flexibility index (Phi) is 60.1. The van der Waals surface area contributed by atoms with E-state index in [2.05, 4.69) is 99.9 Å². The topological polar surface area (TPSA) is 327 Å². The smallest absolute Gasteiger partial charge is 0.373 e. The molecule has 0 saturated carbocycles. The largest absolute Gasteiger partial charge is 0.478 e. The van der Waals surface area contributed by atoms with Crippen LogP contribution in [0.1, 0.15) is 20.7 Å². The standard InChI is InChI=1S/2C9H23N3.5C7H9O3P.2C7H6O2.3Cu/c2*1-10(2)6-8-12(5)9-7-11(3)4;5*1-11(8,9)10-7-5-3-2-4-6-7;2*8-7(9)6-4-2-1-3-5-6;;;/h2*6-9H2,1-5H3;5*2-6H,1H3,(H,8,9);2*1-5H,(H,8,9);;;. The molecule has 7 aromatic carbocycles. The minimum Gasteiger partial charge on any atom is -0.478 e. The van der Waals surface area contributed by atoms with Crippen LogP contribution in [0.5, 0.6) is 28.7 Å². The molecule has 0 bridgehead atoms. The summed E-state index contributed by atoms with van der Waals surface area (Å²) < 4.78 is 77.2. The molecule has 0 aliphatic carbocycles. The van der Waals surface area contributed by atoms with Crippen molar-refractivity contribution in [2.24, 2.45) is 0 Å². The number of hydrogen-bond donors (Lipinski definition) is 7. The monoisotopic (exact) mass is 1640 g/mol. The zero-order valence-electron chi connectivity index (χ0n) is 59.2. The summed E-state index contributed by atoms with van der Waals surface area (Å²) in [6.45, 7) is 14.9. The third kappa shape index (κ3) is 72.5. The molecule has 7 aromatic rings. The number of carboxylic acids is 2. The van der Waals surface area contributed by atoms with Crippen molar-refractivity contribution in [3.63, 3.8) is 0 Å². The van der Waals surface area contributed by atoms with Crippen LogP contribution in [-0.2, 0) is 74.0 Å². The van der Waals surface area contributed by atoms with E-state index in [0.29, 0.717) is 39.9 Å². The first-order chi connectivity index (χ1) is 45.0. The van der Waals surface area contributed by atoms with Gasteiger partial charge in [-0.05, 0) is 155 Å². The average molecular weight is 1640 g/mol. The summed E-state index contributed by atoms with van der Waals surface area (Å²) in [5.74, 6) is 0.329. The van der Waals surface area contributed by atoms with Gasteiger partial charge >= 0.3 is 49.9 Å². The first kappa shape index (κ1) is 103. The Labute approximate surface area is 624 Å². The van der Waals surface area contributed by atoms with E-state index in [-0.39, 0.29) is 51.2 Å². The summed E-state index contributed by atoms with van der Waals surface area (Å²) in [5.41, 5.74) is 0.662. The predicted molar refractivity (Wildman–Crippen MR) is 390 cm³/mol. The Morgan fingerprint density at radius 1 is 0.270 bits per heavy atom. The summed E-state index contributed by atoms with van der Waals surface area (Å²) in [4.78, 5) is 78.0. The van der Waals surface area contributed by atoms with Crippen molar-refractivity contribution in [1.29, 1.82) is 0 Å². The third-order valence-corrected chi connectivity index (χ3v) is 13.6. The molecule has 7 rings (SSSR count). The molecule has 0 fully saturated rings. The molecule has 0 aliphatic rings. The molecule has 33 heteroatoms. The summed E-state index contributed by atoms with van der Waals surface area (Å²) in [6.07, 6.45) is 0. The molecular weight excluding hydrogens is 1540 g/mol. The fraction of sp³-hybridized carbons (Fsp3) is 0.343. The number of nitrogens with zero attached hydrogens (tertiary/aromatic N) is 6. The van der Waals surface area contributed by atoms with Crippen LogP contribution in [-0.4, -0.2) is 232 Å². The molecule has 0 heterocycles. The van der Waals surface area contributed by atoms with Crippen molar-refractivity contribution < 1.29 is 141 Å². The zero-order valence-corrected chi connectivity index (χ0v) is 66.5. The van der Waals surface area contributed by atoms with Crippen molar-refractivity contribution in [2.45, 2.75) is 0 Å². The molecule has 0 aliphatic heterocycles. The maximum Gasteiger partial charge on any atom is 0.373 e. The van der Waals surface area contributed by atoms with Gasteiger partial charge in [0.1, 0.15) is 28.7 Å². The fourth-order valence-electron chi connectivity index (χ4n) is 6.25. The second kappa shape index (κ2) is 58.2. The maximum absolute atomic E-state index is 10.7. The third-order valence-electron chi connectivity index (χ3n) is 10.8. The number of hydrogen-bond acceptors (Lipinski definition) is 18. The van der Waals surface area contributed by atoms with Crippen molar-refractivity contribution in [3.8, 4) is 28.7 Å². The van der Waals surface area contributed by atoms with Gasteiger partial charge in [0.2, 0.25) is 0 Å². The number of para-hydroxylation sites is 5. The van der Waals surface area contributed by atoms with Crippen molar-refractivity contribution in [1.82, 2.24) is 29.4 Å². The van der Waals surface area contributed by atoms with Crippen LogP contribution < -0.4 is 22.6 Å². The second-order valence-corrected chi connectivity index (χ2v) is 31.1. The van der Waals surface area contributed by atoms with Gasteiger partial charge in [-0.15, -0.1) is 0 Å². The summed E-state index contributed by atoms with van der Waals surface area (Å²) >= 11 is 0. The summed E-state index contributed by atoms with van der Waals surface area (Å²) in [5, 5.41) is 16.8. The Hall–Kier alpha value is -5.25. The quantitative estimate of drug-likeness (QED) is 0.0218. The van der Waals surface area contributed by atoms with E-state index < -0.39 is 49.9 Å². The van der Waals surface area contributed by atoms with Crippen LogP contribution in [0.25, 0.3) is 0 Å². The maximum atomic E-state index is 10.7. The molecule has 0 aromatic heterocycles.